The minimum Gasteiger partial charge on any atom is -0.494 e. The summed E-state index contributed by atoms with van der Waals surface area (Å²) in [4.78, 5) is 0. The molecule has 0 amide bonds. The van der Waals surface area contributed by atoms with Gasteiger partial charge in [-0.15, -0.1) is 0 Å². The molecule has 0 saturated heterocycles. The Bertz CT molecular complexity index is 316. The molecule has 0 aliphatic rings. The van der Waals surface area contributed by atoms with E-state index < -0.39 is 0 Å². The van der Waals surface area contributed by atoms with Crippen LogP contribution in [0.1, 0.15) is 32.8 Å². The molecule has 0 fully saturated rings. The second-order valence-electron chi connectivity index (χ2n) is 5.14. The van der Waals surface area contributed by atoms with E-state index in [0.29, 0.717) is 13.0 Å². The zero-order valence-electron chi connectivity index (χ0n) is 10.9. The molecule has 0 spiro atoms. The largest absolute Gasteiger partial charge is 0.494 e. The Kier molecular flexibility index (Phi) is 5.42. The Morgan fingerprint density at radius 1 is 1.18 bits per heavy atom. The highest BCUT2D eigenvalue weighted by atomic mass is 19.1. The van der Waals surface area contributed by atoms with Gasteiger partial charge in [0.15, 0.2) is 0 Å². The predicted molar refractivity (Wildman–Crippen MR) is 69.1 cm³/mol. The molecule has 1 aromatic rings. The van der Waals surface area contributed by atoms with Crippen molar-refractivity contribution in [1.82, 2.24) is 5.32 Å². The van der Waals surface area contributed by atoms with Crippen molar-refractivity contribution in [2.75, 3.05) is 13.3 Å². The summed E-state index contributed by atoms with van der Waals surface area (Å²) < 4.78 is 17.3. The van der Waals surface area contributed by atoms with Gasteiger partial charge in [-0.1, -0.05) is 12.1 Å². The van der Waals surface area contributed by atoms with Crippen LogP contribution in [0.25, 0.3) is 0 Å². The smallest absolute Gasteiger partial charge is 0.119 e. The minimum atomic E-state index is -0.326. The average Bonchev–Trinajstić information content (AvgIpc) is 2.27. The van der Waals surface area contributed by atoms with Crippen molar-refractivity contribution in [2.45, 2.75) is 39.3 Å². The van der Waals surface area contributed by atoms with Crippen LogP contribution in [0, 0.1) is 0 Å². The highest BCUT2D eigenvalue weighted by molar-refractivity contribution is 5.27. The van der Waals surface area contributed by atoms with Crippen LogP contribution in [-0.2, 0) is 6.54 Å². The van der Waals surface area contributed by atoms with Crippen molar-refractivity contribution in [1.29, 1.82) is 0 Å². The number of alkyl halides is 1. The summed E-state index contributed by atoms with van der Waals surface area (Å²) in [5.74, 6) is 0.804. The van der Waals surface area contributed by atoms with Crippen LogP contribution < -0.4 is 10.1 Å². The standard InChI is InChI=1S/C14H22FNO/c1-14(2,3)16-11-12-5-7-13(8-6-12)17-10-4-9-15/h5-8,16H,4,9-11H2,1-3H3. The van der Waals surface area contributed by atoms with Gasteiger partial charge in [-0.3, -0.25) is 4.39 Å². The Labute approximate surface area is 103 Å². The number of rotatable bonds is 6. The Hall–Kier alpha value is -1.09. The number of hydrogen-bond acceptors (Lipinski definition) is 2. The first-order valence-electron chi connectivity index (χ1n) is 6.04. The van der Waals surface area contributed by atoms with E-state index in [-0.39, 0.29) is 12.2 Å². The van der Waals surface area contributed by atoms with Crippen LogP contribution in [0.5, 0.6) is 5.75 Å². The molecular formula is C14H22FNO. The Morgan fingerprint density at radius 3 is 2.35 bits per heavy atom. The Balaban J connectivity index is 2.39. The zero-order chi connectivity index (χ0) is 12.7. The summed E-state index contributed by atoms with van der Waals surface area (Å²) in [5.41, 5.74) is 1.34. The molecule has 3 heteroatoms. The maximum absolute atomic E-state index is 11.9. The second-order valence-corrected chi connectivity index (χ2v) is 5.14. The van der Waals surface area contributed by atoms with Gasteiger partial charge in [0.1, 0.15) is 5.75 Å². The van der Waals surface area contributed by atoms with Gasteiger partial charge < -0.3 is 10.1 Å². The van der Waals surface area contributed by atoms with E-state index in [0.717, 1.165) is 12.3 Å². The van der Waals surface area contributed by atoms with E-state index in [4.69, 9.17) is 4.74 Å². The quantitative estimate of drug-likeness (QED) is 0.769. The van der Waals surface area contributed by atoms with Gasteiger partial charge in [-0.2, -0.15) is 0 Å². The second kappa shape index (κ2) is 6.60. The van der Waals surface area contributed by atoms with Crippen molar-refractivity contribution in [2.24, 2.45) is 0 Å². The lowest BCUT2D eigenvalue weighted by Crippen LogP contribution is -2.35. The molecule has 17 heavy (non-hydrogen) atoms. The van der Waals surface area contributed by atoms with Gasteiger partial charge in [0, 0.05) is 18.5 Å². The third-order valence-corrected chi connectivity index (χ3v) is 2.29. The van der Waals surface area contributed by atoms with Gasteiger partial charge in [-0.25, -0.2) is 0 Å². The summed E-state index contributed by atoms with van der Waals surface area (Å²) in [5, 5.41) is 3.42. The summed E-state index contributed by atoms with van der Waals surface area (Å²) in [7, 11) is 0. The van der Waals surface area contributed by atoms with Crippen LogP contribution in [-0.4, -0.2) is 18.8 Å². The van der Waals surface area contributed by atoms with Crippen LogP contribution in [0.4, 0.5) is 4.39 Å². The van der Waals surface area contributed by atoms with E-state index >= 15 is 0 Å². The molecule has 0 atom stereocenters. The Morgan fingerprint density at radius 2 is 1.82 bits per heavy atom. The van der Waals surface area contributed by atoms with Crippen molar-refractivity contribution < 1.29 is 9.13 Å². The monoisotopic (exact) mass is 239 g/mol. The third-order valence-electron chi connectivity index (χ3n) is 2.29. The lowest BCUT2D eigenvalue weighted by molar-refractivity contribution is 0.289. The number of hydrogen-bond donors (Lipinski definition) is 1. The van der Waals surface area contributed by atoms with Crippen LogP contribution in [0.3, 0.4) is 0 Å². The fourth-order valence-electron chi connectivity index (χ4n) is 1.32. The maximum Gasteiger partial charge on any atom is 0.119 e. The third kappa shape index (κ3) is 6.27. The molecule has 0 heterocycles. The van der Waals surface area contributed by atoms with Crippen LogP contribution in [0.15, 0.2) is 24.3 Å². The number of halogens is 1. The topological polar surface area (TPSA) is 21.3 Å². The molecule has 0 aromatic heterocycles. The first-order chi connectivity index (χ1) is 8.01. The van der Waals surface area contributed by atoms with Gasteiger partial charge in [0.25, 0.3) is 0 Å². The predicted octanol–water partition coefficient (Wildman–Crippen LogP) is 3.31. The number of nitrogens with one attached hydrogen (secondary N) is 1. The van der Waals surface area contributed by atoms with Gasteiger partial charge in [0.2, 0.25) is 0 Å². The highest BCUT2D eigenvalue weighted by Gasteiger charge is 2.07. The van der Waals surface area contributed by atoms with E-state index in [9.17, 15) is 4.39 Å². The molecule has 0 saturated carbocycles. The molecule has 0 radical (unpaired) electrons. The SMILES string of the molecule is CC(C)(C)NCc1ccc(OCCCF)cc1. The van der Waals surface area contributed by atoms with Gasteiger partial charge >= 0.3 is 0 Å². The average molecular weight is 239 g/mol. The van der Waals surface area contributed by atoms with Crippen molar-refractivity contribution in [3.8, 4) is 5.75 Å². The fraction of sp³-hybridized carbons (Fsp3) is 0.571. The molecule has 96 valence electrons. The molecule has 1 N–H and O–H groups in total. The van der Waals surface area contributed by atoms with Gasteiger partial charge in [0.05, 0.1) is 13.3 Å². The molecule has 0 bridgehead atoms. The van der Waals surface area contributed by atoms with Gasteiger partial charge in [-0.05, 0) is 38.5 Å². The van der Waals surface area contributed by atoms with E-state index in [1.165, 1.54) is 5.56 Å². The molecule has 0 unspecified atom stereocenters. The molecule has 1 rings (SSSR count). The number of benzene rings is 1. The number of ether oxygens (including phenoxy) is 1. The van der Waals surface area contributed by atoms with Crippen molar-refractivity contribution in [3.05, 3.63) is 29.8 Å². The zero-order valence-corrected chi connectivity index (χ0v) is 10.9. The lowest BCUT2D eigenvalue weighted by atomic mass is 10.1. The summed E-state index contributed by atoms with van der Waals surface area (Å²) in [6.45, 7) is 7.38. The lowest BCUT2D eigenvalue weighted by Gasteiger charge is -2.20. The molecule has 0 aliphatic carbocycles. The molecule has 2 nitrogen and oxygen atoms in total. The summed E-state index contributed by atoms with van der Waals surface area (Å²) in [6, 6.07) is 7.92. The molecule has 1 aromatic carbocycles. The molecule has 0 aliphatic heterocycles. The van der Waals surface area contributed by atoms with Crippen LogP contribution in [0.2, 0.25) is 0 Å². The van der Waals surface area contributed by atoms with E-state index in [2.05, 4.69) is 26.1 Å². The minimum absolute atomic E-state index is 0.121. The fourth-order valence-corrected chi connectivity index (χ4v) is 1.32. The maximum atomic E-state index is 11.9. The highest BCUT2D eigenvalue weighted by Crippen LogP contribution is 2.13. The summed E-state index contributed by atoms with van der Waals surface area (Å²) >= 11 is 0. The van der Waals surface area contributed by atoms with Crippen LogP contribution >= 0.6 is 0 Å². The first kappa shape index (κ1) is 14.0. The normalized spacial score (nSPS) is 11.5. The van der Waals surface area contributed by atoms with Crippen molar-refractivity contribution in [3.63, 3.8) is 0 Å². The van der Waals surface area contributed by atoms with E-state index in [1.807, 2.05) is 24.3 Å². The first-order valence-corrected chi connectivity index (χ1v) is 6.04. The van der Waals surface area contributed by atoms with E-state index in [1.54, 1.807) is 0 Å². The summed E-state index contributed by atoms with van der Waals surface area (Å²) in [6.07, 6.45) is 0.452. The van der Waals surface area contributed by atoms with Crippen molar-refractivity contribution >= 4 is 0 Å². The molecular weight excluding hydrogens is 217 g/mol.